The van der Waals surface area contributed by atoms with Crippen molar-refractivity contribution in [1.29, 1.82) is 0 Å². The van der Waals surface area contributed by atoms with Crippen LogP contribution in [0.3, 0.4) is 0 Å². The molecule has 0 spiro atoms. The van der Waals surface area contributed by atoms with Gasteiger partial charge in [0.1, 0.15) is 4.33 Å². The minimum atomic E-state index is -1.37. The molecule has 1 unspecified atom stereocenters. The Hall–Kier alpha value is -0.880. The number of benzene rings is 2. The van der Waals surface area contributed by atoms with Crippen LogP contribution in [-0.4, -0.2) is 21.3 Å². The third-order valence-corrected chi connectivity index (χ3v) is 6.63. The third-order valence-electron chi connectivity index (χ3n) is 4.17. The number of hydrogen-bond donors (Lipinski definition) is 2. The highest BCUT2D eigenvalue weighted by atomic mass is 35.5. The highest BCUT2D eigenvalue weighted by molar-refractivity contribution is 6.54. The average Bonchev–Trinajstić information content (AvgIpc) is 3.16. The molecular weight excluding hydrogens is 479 g/mol. The van der Waals surface area contributed by atoms with Crippen LogP contribution in [0.2, 0.25) is 20.1 Å². The van der Waals surface area contributed by atoms with E-state index in [9.17, 15) is 9.59 Å². The van der Waals surface area contributed by atoms with Crippen molar-refractivity contribution < 1.29 is 14.7 Å². The molecule has 2 aromatic carbocycles. The summed E-state index contributed by atoms with van der Waals surface area (Å²) in [5.74, 6) is -3.04. The lowest BCUT2D eigenvalue weighted by Gasteiger charge is -2.07. The molecule has 0 radical (unpaired) electrons. The van der Waals surface area contributed by atoms with Gasteiger partial charge in [-0.2, -0.15) is 0 Å². The standard InChI is InChI=1S/C17H9Cl6NO3/c18-9-2-1-7(5-8(9)16(26)27)24-15(25)13-12(17(13,22)23)6-3-10(19)14(21)11(20)4-6/h1-5,12-13H,(H,24,25)(H,26,27)/t12-,13?/m0/s1. The number of anilines is 1. The highest BCUT2D eigenvalue weighted by Crippen LogP contribution is 2.65. The maximum Gasteiger partial charge on any atom is 0.337 e. The Balaban J connectivity index is 1.84. The predicted octanol–water partition coefficient (Wildman–Crippen LogP) is 6.52. The number of alkyl halides is 2. The SMILES string of the molecule is O=C(O)c1cc(NC(=O)C2[C@H](c3cc(Cl)c(Cl)c(Cl)c3)C2(Cl)Cl)ccc1Cl. The topological polar surface area (TPSA) is 66.4 Å². The molecule has 142 valence electrons. The molecule has 1 aliphatic carbocycles. The Labute approximate surface area is 184 Å². The monoisotopic (exact) mass is 485 g/mol. The summed E-state index contributed by atoms with van der Waals surface area (Å²) < 4.78 is -1.37. The number of carboxylic acids is 1. The van der Waals surface area contributed by atoms with E-state index in [1.807, 2.05) is 0 Å². The zero-order chi connectivity index (χ0) is 20.1. The van der Waals surface area contributed by atoms with Gasteiger partial charge in [-0.05, 0) is 35.9 Å². The quantitative estimate of drug-likeness (QED) is 0.381. The van der Waals surface area contributed by atoms with Crippen molar-refractivity contribution in [2.24, 2.45) is 5.92 Å². The summed E-state index contributed by atoms with van der Waals surface area (Å²) in [5, 5.41) is 12.4. The van der Waals surface area contributed by atoms with Gasteiger partial charge < -0.3 is 10.4 Å². The summed E-state index contributed by atoms with van der Waals surface area (Å²) in [4.78, 5) is 23.8. The zero-order valence-electron chi connectivity index (χ0n) is 13.1. The van der Waals surface area contributed by atoms with E-state index in [0.717, 1.165) is 0 Å². The summed E-state index contributed by atoms with van der Waals surface area (Å²) in [6.45, 7) is 0. The molecular formula is C17H9Cl6NO3. The molecule has 2 N–H and O–H groups in total. The molecule has 0 bridgehead atoms. The second-order valence-electron chi connectivity index (χ2n) is 5.92. The van der Waals surface area contributed by atoms with Crippen molar-refractivity contribution >= 4 is 87.2 Å². The van der Waals surface area contributed by atoms with Crippen LogP contribution in [0.5, 0.6) is 0 Å². The Bertz CT molecular complexity index is 939. The molecule has 0 saturated heterocycles. The van der Waals surface area contributed by atoms with Crippen LogP contribution in [0.1, 0.15) is 21.8 Å². The first-order valence-electron chi connectivity index (χ1n) is 7.40. The summed E-state index contributed by atoms with van der Waals surface area (Å²) in [6.07, 6.45) is 0. The molecule has 1 aliphatic rings. The number of amides is 1. The minimum Gasteiger partial charge on any atom is -0.478 e. The Morgan fingerprint density at radius 2 is 1.56 bits per heavy atom. The van der Waals surface area contributed by atoms with Crippen LogP contribution in [0.15, 0.2) is 30.3 Å². The van der Waals surface area contributed by atoms with Gasteiger partial charge in [0.05, 0.1) is 31.6 Å². The first-order valence-corrected chi connectivity index (χ1v) is 9.66. The number of halogens is 6. The molecule has 1 amide bonds. The fraction of sp³-hybridized carbons (Fsp3) is 0.176. The third kappa shape index (κ3) is 3.98. The summed E-state index contributed by atoms with van der Waals surface area (Å²) >= 11 is 36.4. The molecule has 1 fully saturated rings. The summed E-state index contributed by atoms with van der Waals surface area (Å²) in [7, 11) is 0. The number of aromatic carboxylic acids is 1. The molecule has 2 atom stereocenters. The fourth-order valence-corrected chi connectivity index (χ4v) is 4.45. The van der Waals surface area contributed by atoms with Gasteiger partial charge in [-0.1, -0.05) is 46.4 Å². The summed E-state index contributed by atoms with van der Waals surface area (Å²) in [6, 6.07) is 7.21. The number of rotatable bonds is 4. The van der Waals surface area contributed by atoms with E-state index in [1.165, 1.54) is 18.2 Å². The van der Waals surface area contributed by atoms with Gasteiger partial charge in [0, 0.05) is 11.6 Å². The van der Waals surface area contributed by atoms with Crippen LogP contribution >= 0.6 is 69.6 Å². The Morgan fingerprint density at radius 3 is 2.11 bits per heavy atom. The Morgan fingerprint density at radius 1 is 0.963 bits per heavy atom. The van der Waals surface area contributed by atoms with Crippen molar-refractivity contribution in [3.63, 3.8) is 0 Å². The normalized spacial score (nSPS) is 20.2. The van der Waals surface area contributed by atoms with Gasteiger partial charge >= 0.3 is 5.97 Å². The smallest absolute Gasteiger partial charge is 0.337 e. The molecule has 1 saturated carbocycles. The van der Waals surface area contributed by atoms with Gasteiger partial charge in [0.15, 0.2) is 0 Å². The fourth-order valence-electron chi connectivity index (χ4n) is 2.81. The van der Waals surface area contributed by atoms with Crippen LogP contribution in [-0.2, 0) is 4.79 Å². The van der Waals surface area contributed by atoms with Gasteiger partial charge in [0.25, 0.3) is 0 Å². The van der Waals surface area contributed by atoms with E-state index in [0.29, 0.717) is 5.56 Å². The maximum atomic E-state index is 12.6. The molecule has 3 rings (SSSR count). The van der Waals surface area contributed by atoms with E-state index < -0.39 is 28.0 Å². The van der Waals surface area contributed by atoms with Crippen LogP contribution < -0.4 is 5.32 Å². The molecule has 0 aliphatic heterocycles. The first-order chi connectivity index (χ1) is 12.5. The highest BCUT2D eigenvalue weighted by Gasteiger charge is 2.67. The van der Waals surface area contributed by atoms with Gasteiger partial charge in [-0.25, -0.2) is 4.79 Å². The van der Waals surface area contributed by atoms with E-state index in [1.54, 1.807) is 12.1 Å². The van der Waals surface area contributed by atoms with E-state index in [-0.39, 0.29) is 31.3 Å². The summed E-state index contributed by atoms with van der Waals surface area (Å²) in [5.41, 5.74) is 0.687. The van der Waals surface area contributed by atoms with Crippen LogP contribution in [0.4, 0.5) is 5.69 Å². The molecule has 4 nitrogen and oxygen atoms in total. The van der Waals surface area contributed by atoms with Crippen LogP contribution in [0.25, 0.3) is 0 Å². The van der Waals surface area contributed by atoms with Crippen LogP contribution in [0, 0.1) is 5.92 Å². The van der Waals surface area contributed by atoms with Crippen molar-refractivity contribution in [1.82, 2.24) is 0 Å². The number of carbonyl (C=O) groups excluding carboxylic acids is 1. The van der Waals surface area contributed by atoms with Gasteiger partial charge in [-0.3, -0.25) is 4.79 Å². The van der Waals surface area contributed by atoms with Gasteiger partial charge in [-0.15, -0.1) is 23.2 Å². The van der Waals surface area contributed by atoms with Crippen molar-refractivity contribution in [3.05, 3.63) is 61.5 Å². The molecule has 10 heteroatoms. The Kier molecular flexibility index (Phi) is 5.80. The average molecular weight is 488 g/mol. The van der Waals surface area contributed by atoms with E-state index in [2.05, 4.69) is 5.32 Å². The maximum absolute atomic E-state index is 12.6. The molecule has 0 heterocycles. The predicted molar refractivity (Wildman–Crippen MR) is 109 cm³/mol. The minimum absolute atomic E-state index is 0.0549. The zero-order valence-corrected chi connectivity index (χ0v) is 17.6. The number of carbonyl (C=O) groups is 2. The number of hydrogen-bond acceptors (Lipinski definition) is 2. The van der Waals surface area contributed by atoms with Crippen molar-refractivity contribution in [2.45, 2.75) is 10.3 Å². The number of nitrogens with one attached hydrogen (secondary N) is 1. The van der Waals surface area contributed by atoms with E-state index in [4.69, 9.17) is 74.7 Å². The number of carboxylic acid groups (broad SMARTS) is 1. The second kappa shape index (κ2) is 7.51. The first kappa shape index (κ1) is 20.8. The van der Waals surface area contributed by atoms with Crippen molar-refractivity contribution in [3.8, 4) is 0 Å². The largest absolute Gasteiger partial charge is 0.478 e. The molecule has 27 heavy (non-hydrogen) atoms. The van der Waals surface area contributed by atoms with Crippen molar-refractivity contribution in [2.75, 3.05) is 5.32 Å². The second-order valence-corrected chi connectivity index (χ2v) is 8.96. The lowest BCUT2D eigenvalue weighted by molar-refractivity contribution is -0.117. The molecule has 0 aromatic heterocycles. The lowest BCUT2D eigenvalue weighted by atomic mass is 10.1. The van der Waals surface area contributed by atoms with Gasteiger partial charge in [0.2, 0.25) is 5.91 Å². The van der Waals surface area contributed by atoms with E-state index >= 15 is 0 Å². The molecule has 2 aromatic rings. The lowest BCUT2D eigenvalue weighted by Crippen LogP contribution is -2.17.